The molecule has 110 valence electrons. The topological polar surface area (TPSA) is 83.5 Å². The van der Waals surface area contributed by atoms with Gasteiger partial charge in [0.05, 0.1) is 4.90 Å². The number of hydrogen-bond donors (Lipinski definition) is 2. The number of rotatable bonds is 4. The van der Waals surface area contributed by atoms with E-state index in [1.165, 1.54) is 24.3 Å². The third-order valence-corrected chi connectivity index (χ3v) is 5.00. The number of hydrogen-bond acceptors (Lipinski definition) is 4. The number of carbonyl (C=O) groups excluding carboxylic acids is 1. The summed E-state index contributed by atoms with van der Waals surface area (Å²) in [6.07, 6.45) is 0. The van der Waals surface area contributed by atoms with Crippen LogP contribution in [-0.2, 0) is 9.84 Å². The van der Waals surface area contributed by atoms with Crippen molar-refractivity contribution in [3.05, 3.63) is 66.2 Å². The van der Waals surface area contributed by atoms with Crippen LogP contribution in [0.3, 0.4) is 0 Å². The summed E-state index contributed by atoms with van der Waals surface area (Å²) in [5.41, 5.74) is 0.265. The highest BCUT2D eigenvalue weighted by molar-refractivity contribution is 7.92. The molecule has 0 radical (unpaired) electrons. The zero-order valence-electron chi connectivity index (χ0n) is 11.4. The zero-order chi connectivity index (χ0) is 15.5. The van der Waals surface area contributed by atoms with Crippen LogP contribution in [0.2, 0.25) is 0 Å². The number of aliphatic hydroxyl groups is 1. The molecule has 0 bridgehead atoms. The Balaban J connectivity index is 2.28. The molecule has 0 aromatic heterocycles. The van der Waals surface area contributed by atoms with Crippen molar-refractivity contribution in [3.63, 3.8) is 0 Å². The summed E-state index contributed by atoms with van der Waals surface area (Å²) >= 11 is 0. The Morgan fingerprint density at radius 3 is 2.00 bits per heavy atom. The van der Waals surface area contributed by atoms with E-state index >= 15 is 0 Å². The minimum absolute atomic E-state index is 0.0663. The van der Waals surface area contributed by atoms with Crippen LogP contribution in [0.25, 0.3) is 0 Å². The number of benzene rings is 2. The third kappa shape index (κ3) is 3.12. The fraction of sp³-hybridized carbons (Fsp3) is 0.133. The van der Waals surface area contributed by atoms with Gasteiger partial charge in [-0.2, -0.15) is 0 Å². The van der Waals surface area contributed by atoms with Crippen LogP contribution in [0, 0.1) is 0 Å². The van der Waals surface area contributed by atoms with Crippen LogP contribution < -0.4 is 5.32 Å². The lowest BCUT2D eigenvalue weighted by Gasteiger charge is -2.24. The second-order valence-electron chi connectivity index (χ2n) is 4.62. The fourth-order valence-corrected chi connectivity index (χ4v) is 2.97. The number of amides is 1. The molecule has 0 aliphatic rings. The molecule has 0 aliphatic heterocycles. The van der Waals surface area contributed by atoms with Gasteiger partial charge in [-0.1, -0.05) is 36.4 Å². The van der Waals surface area contributed by atoms with Gasteiger partial charge in [0.25, 0.3) is 5.91 Å². The average molecular weight is 305 g/mol. The lowest BCUT2D eigenvalue weighted by atomic mass is 10.2. The predicted molar refractivity (Wildman–Crippen MR) is 78.2 cm³/mol. The molecule has 0 heterocycles. The molecule has 0 saturated carbocycles. The van der Waals surface area contributed by atoms with E-state index in [1.54, 1.807) is 36.4 Å². The second kappa shape index (κ2) is 5.67. The van der Waals surface area contributed by atoms with Crippen molar-refractivity contribution in [1.29, 1.82) is 0 Å². The first-order valence-corrected chi connectivity index (χ1v) is 7.72. The van der Waals surface area contributed by atoms with Gasteiger partial charge in [-0.25, -0.2) is 8.42 Å². The van der Waals surface area contributed by atoms with E-state index in [4.69, 9.17) is 0 Å². The second-order valence-corrected chi connectivity index (χ2v) is 6.89. The Kier molecular flexibility index (Phi) is 4.11. The normalized spacial score (nSPS) is 14.2. The molecule has 2 aromatic rings. The molecular formula is C15H15NO4S. The maximum absolute atomic E-state index is 12.4. The minimum Gasteiger partial charge on any atom is -0.358 e. The van der Waals surface area contributed by atoms with Crippen LogP contribution in [0.5, 0.6) is 0 Å². The number of nitrogens with one attached hydrogen (secondary N) is 1. The molecule has 1 amide bonds. The Morgan fingerprint density at radius 2 is 1.48 bits per heavy atom. The summed E-state index contributed by atoms with van der Waals surface area (Å²) in [4.78, 5) is 11.9. The van der Waals surface area contributed by atoms with Crippen LogP contribution in [0.1, 0.15) is 17.3 Å². The molecule has 1 atom stereocenters. The molecule has 0 saturated heterocycles. The van der Waals surface area contributed by atoms with Crippen molar-refractivity contribution >= 4 is 15.7 Å². The molecule has 0 spiro atoms. The van der Waals surface area contributed by atoms with E-state index in [-0.39, 0.29) is 10.5 Å². The quantitative estimate of drug-likeness (QED) is 0.840. The van der Waals surface area contributed by atoms with Gasteiger partial charge in [-0.3, -0.25) is 4.79 Å². The summed E-state index contributed by atoms with van der Waals surface area (Å²) in [5, 5.41) is 9.95. The van der Waals surface area contributed by atoms with Crippen molar-refractivity contribution in [3.8, 4) is 0 Å². The minimum atomic E-state index is -4.12. The van der Waals surface area contributed by atoms with E-state index in [0.29, 0.717) is 0 Å². The third-order valence-electron chi connectivity index (χ3n) is 2.96. The summed E-state index contributed by atoms with van der Waals surface area (Å²) in [5.74, 6) is -0.667. The summed E-state index contributed by atoms with van der Waals surface area (Å²) in [6.45, 7) is 1.04. The van der Waals surface area contributed by atoms with Crippen LogP contribution in [0.4, 0.5) is 0 Å². The van der Waals surface area contributed by atoms with Gasteiger partial charge < -0.3 is 10.4 Å². The Hall–Kier alpha value is -2.18. The monoisotopic (exact) mass is 305 g/mol. The van der Waals surface area contributed by atoms with Gasteiger partial charge in [0.15, 0.2) is 0 Å². The first kappa shape index (κ1) is 15.2. The molecule has 2 rings (SSSR count). The lowest BCUT2D eigenvalue weighted by molar-refractivity contribution is 0.0701. The van der Waals surface area contributed by atoms with Crippen molar-refractivity contribution < 1.29 is 18.3 Å². The van der Waals surface area contributed by atoms with Crippen molar-refractivity contribution in [1.82, 2.24) is 5.32 Å². The van der Waals surface area contributed by atoms with E-state index < -0.39 is 20.8 Å². The number of sulfone groups is 1. The molecule has 5 nitrogen and oxygen atoms in total. The van der Waals surface area contributed by atoms with E-state index in [1.807, 2.05) is 0 Å². The molecule has 0 fully saturated rings. The predicted octanol–water partition coefficient (Wildman–Crippen LogP) is 1.56. The Bertz CT molecular complexity index is 725. The van der Waals surface area contributed by atoms with Crippen molar-refractivity contribution in [2.45, 2.75) is 16.9 Å². The molecular weight excluding hydrogens is 290 g/mol. The molecule has 1 unspecified atom stereocenters. The molecule has 21 heavy (non-hydrogen) atoms. The van der Waals surface area contributed by atoms with Crippen LogP contribution in [-0.4, -0.2) is 24.5 Å². The van der Waals surface area contributed by atoms with E-state index in [0.717, 1.165) is 6.92 Å². The Morgan fingerprint density at radius 1 is 1.00 bits per heavy atom. The van der Waals surface area contributed by atoms with Crippen molar-refractivity contribution in [2.75, 3.05) is 0 Å². The maximum atomic E-state index is 12.4. The van der Waals surface area contributed by atoms with Gasteiger partial charge in [0.1, 0.15) is 0 Å². The zero-order valence-corrected chi connectivity index (χ0v) is 12.2. The van der Waals surface area contributed by atoms with Crippen LogP contribution in [0.15, 0.2) is 65.6 Å². The van der Waals surface area contributed by atoms with Gasteiger partial charge in [0, 0.05) is 5.56 Å². The van der Waals surface area contributed by atoms with Gasteiger partial charge in [-0.15, -0.1) is 0 Å². The first-order valence-electron chi connectivity index (χ1n) is 6.24. The summed E-state index contributed by atoms with van der Waals surface area (Å²) in [6, 6.07) is 15.6. The van der Waals surface area contributed by atoms with E-state index in [2.05, 4.69) is 5.32 Å². The Labute approximate surface area is 123 Å². The molecule has 2 aromatic carbocycles. The average Bonchev–Trinajstić information content (AvgIpc) is 2.48. The number of carbonyl (C=O) groups is 1. The van der Waals surface area contributed by atoms with Gasteiger partial charge >= 0.3 is 0 Å². The van der Waals surface area contributed by atoms with Crippen molar-refractivity contribution in [2.24, 2.45) is 0 Å². The summed E-state index contributed by atoms with van der Waals surface area (Å²) < 4.78 is 24.7. The highest BCUT2D eigenvalue weighted by atomic mass is 32.2. The molecule has 6 heteroatoms. The largest absolute Gasteiger partial charge is 0.358 e. The SMILES string of the molecule is CC(O)(NC(=O)c1ccccc1)S(=O)(=O)c1ccccc1. The molecule has 0 aliphatic carbocycles. The smallest absolute Gasteiger partial charge is 0.254 e. The maximum Gasteiger partial charge on any atom is 0.254 e. The summed E-state index contributed by atoms with van der Waals surface area (Å²) in [7, 11) is -4.12. The highest BCUT2D eigenvalue weighted by Gasteiger charge is 2.39. The molecule has 2 N–H and O–H groups in total. The first-order chi connectivity index (χ1) is 9.84. The van der Waals surface area contributed by atoms with Gasteiger partial charge in [0.2, 0.25) is 14.9 Å². The lowest BCUT2D eigenvalue weighted by Crippen LogP contribution is -2.51. The highest BCUT2D eigenvalue weighted by Crippen LogP contribution is 2.21. The van der Waals surface area contributed by atoms with Gasteiger partial charge in [-0.05, 0) is 31.2 Å². The standard InChI is InChI=1S/C15H15NO4S/c1-15(18,16-14(17)12-8-4-2-5-9-12)21(19,20)13-10-6-3-7-11-13/h2-11,18H,1H3,(H,16,17). The van der Waals surface area contributed by atoms with Crippen LogP contribution >= 0.6 is 0 Å². The van der Waals surface area contributed by atoms with E-state index in [9.17, 15) is 18.3 Å². The fourth-order valence-electron chi connectivity index (χ4n) is 1.77.